The van der Waals surface area contributed by atoms with Gasteiger partial charge in [0.05, 0.1) is 29.9 Å². The molecule has 0 spiro atoms. The number of methoxy groups -OCH3 is 1. The molecular formula is C25H23N5O4. The fraction of sp³-hybridized carbons (Fsp3) is 0.160. The summed E-state index contributed by atoms with van der Waals surface area (Å²) in [6.07, 6.45) is 4.47. The molecule has 9 heteroatoms. The third kappa shape index (κ3) is 4.78. The number of carbonyl (C=O) groups excluding carboxylic acids is 2. The number of carbonyl (C=O) groups is 2. The molecule has 0 saturated heterocycles. The van der Waals surface area contributed by atoms with Crippen molar-refractivity contribution in [1.82, 2.24) is 20.0 Å². The Hall–Kier alpha value is -4.53. The van der Waals surface area contributed by atoms with Gasteiger partial charge in [0.1, 0.15) is 5.82 Å². The second-order valence-electron chi connectivity index (χ2n) is 7.35. The van der Waals surface area contributed by atoms with Gasteiger partial charge in [-0.2, -0.15) is 5.10 Å². The molecule has 4 rings (SSSR count). The van der Waals surface area contributed by atoms with Crippen LogP contribution in [0.3, 0.4) is 0 Å². The van der Waals surface area contributed by atoms with Gasteiger partial charge in [0.25, 0.3) is 5.91 Å². The largest absolute Gasteiger partial charge is 0.493 e. The zero-order valence-corrected chi connectivity index (χ0v) is 19.0. The summed E-state index contributed by atoms with van der Waals surface area (Å²) >= 11 is 0. The molecule has 9 nitrogen and oxygen atoms in total. The molecule has 0 saturated carbocycles. The van der Waals surface area contributed by atoms with Gasteiger partial charge in [-0.1, -0.05) is 0 Å². The fourth-order valence-corrected chi connectivity index (χ4v) is 3.51. The minimum Gasteiger partial charge on any atom is -0.493 e. The molecule has 2 aromatic heterocycles. The van der Waals surface area contributed by atoms with Crippen LogP contribution in [0.25, 0.3) is 11.0 Å². The molecule has 1 amide bonds. The summed E-state index contributed by atoms with van der Waals surface area (Å²) < 4.78 is 12.8. The molecule has 4 aromatic rings. The predicted molar refractivity (Wildman–Crippen MR) is 127 cm³/mol. The lowest BCUT2D eigenvalue weighted by Crippen LogP contribution is -2.17. The molecule has 0 aliphatic rings. The van der Waals surface area contributed by atoms with Crippen LogP contribution in [0.1, 0.15) is 39.0 Å². The third-order valence-electron chi connectivity index (χ3n) is 5.18. The average molecular weight is 457 g/mol. The Morgan fingerprint density at radius 3 is 2.71 bits per heavy atom. The Balaban J connectivity index is 1.43. The Labute approximate surface area is 196 Å². The molecule has 0 fully saturated rings. The molecule has 0 aliphatic heterocycles. The first-order valence-electron chi connectivity index (χ1n) is 10.6. The first-order chi connectivity index (χ1) is 16.5. The van der Waals surface area contributed by atoms with E-state index in [4.69, 9.17) is 9.47 Å². The number of pyridine rings is 1. The second kappa shape index (κ2) is 9.95. The van der Waals surface area contributed by atoms with E-state index < -0.39 is 5.97 Å². The van der Waals surface area contributed by atoms with Crippen molar-refractivity contribution in [1.29, 1.82) is 0 Å². The Bertz CT molecular complexity index is 1380. The van der Waals surface area contributed by atoms with Gasteiger partial charge >= 0.3 is 5.97 Å². The van der Waals surface area contributed by atoms with Crippen LogP contribution in [0.2, 0.25) is 0 Å². The Morgan fingerprint density at radius 2 is 1.97 bits per heavy atom. The highest BCUT2D eigenvalue weighted by Gasteiger charge is 2.13. The lowest BCUT2D eigenvalue weighted by Gasteiger charge is -2.09. The molecule has 1 N–H and O–H groups in total. The fourth-order valence-electron chi connectivity index (χ4n) is 3.51. The summed E-state index contributed by atoms with van der Waals surface area (Å²) in [6.45, 7) is 4.80. The maximum atomic E-state index is 12.5. The van der Waals surface area contributed by atoms with Gasteiger partial charge in [-0.05, 0) is 67.9 Å². The van der Waals surface area contributed by atoms with E-state index in [-0.39, 0.29) is 11.7 Å². The van der Waals surface area contributed by atoms with E-state index in [9.17, 15) is 9.59 Å². The smallest absolute Gasteiger partial charge is 0.345 e. The Morgan fingerprint density at radius 1 is 1.12 bits per heavy atom. The lowest BCUT2D eigenvalue weighted by molar-refractivity contribution is 0.0729. The molecule has 172 valence electrons. The molecule has 0 unspecified atom stereocenters. The highest BCUT2D eigenvalue weighted by molar-refractivity contribution is 5.98. The third-order valence-corrected chi connectivity index (χ3v) is 5.18. The zero-order valence-electron chi connectivity index (χ0n) is 19.0. The standard InChI is InChI=1S/C25H23N5O4/c1-4-30-16(2)28-20-13-18(8-9-21(20)30)24(31)29-27-14-17-7-10-22(23(12-17)33-3)34-25(32)19-6-5-11-26-15-19/h5-15H,4H2,1-3H3,(H,29,31). The summed E-state index contributed by atoms with van der Waals surface area (Å²) in [5, 5.41) is 4.03. The van der Waals surface area contributed by atoms with Crippen molar-refractivity contribution < 1.29 is 19.1 Å². The van der Waals surface area contributed by atoms with E-state index in [1.165, 1.54) is 19.5 Å². The normalized spacial score (nSPS) is 11.0. The maximum Gasteiger partial charge on any atom is 0.345 e. The van der Waals surface area contributed by atoms with Crippen LogP contribution in [-0.4, -0.2) is 39.7 Å². The van der Waals surface area contributed by atoms with E-state index >= 15 is 0 Å². The molecule has 2 heterocycles. The first-order valence-corrected chi connectivity index (χ1v) is 10.6. The van der Waals surface area contributed by atoms with Crippen LogP contribution >= 0.6 is 0 Å². The lowest BCUT2D eigenvalue weighted by atomic mass is 10.2. The number of imidazole rings is 1. The minimum absolute atomic E-state index is 0.257. The summed E-state index contributed by atoms with van der Waals surface area (Å²) in [5.74, 6) is 0.607. The van der Waals surface area contributed by atoms with E-state index in [1.54, 1.807) is 48.7 Å². The second-order valence-corrected chi connectivity index (χ2v) is 7.35. The van der Waals surface area contributed by atoms with E-state index in [0.717, 1.165) is 23.4 Å². The molecule has 0 bridgehead atoms. The van der Waals surface area contributed by atoms with Crippen LogP contribution in [0.5, 0.6) is 11.5 Å². The van der Waals surface area contributed by atoms with Crippen molar-refractivity contribution >= 4 is 29.1 Å². The number of hydrazone groups is 1. The van der Waals surface area contributed by atoms with Crippen LogP contribution < -0.4 is 14.9 Å². The topological polar surface area (TPSA) is 108 Å². The average Bonchev–Trinajstić information content (AvgIpc) is 3.19. The highest BCUT2D eigenvalue weighted by Crippen LogP contribution is 2.28. The van der Waals surface area contributed by atoms with Gasteiger partial charge in [0.2, 0.25) is 0 Å². The first kappa shape index (κ1) is 22.7. The van der Waals surface area contributed by atoms with Crippen LogP contribution in [-0.2, 0) is 6.54 Å². The van der Waals surface area contributed by atoms with Gasteiger partial charge in [-0.3, -0.25) is 9.78 Å². The number of hydrogen-bond acceptors (Lipinski definition) is 7. The van der Waals surface area contributed by atoms with Crippen molar-refractivity contribution in [3.05, 3.63) is 83.4 Å². The molecule has 0 aliphatic carbocycles. The van der Waals surface area contributed by atoms with Gasteiger partial charge in [0.15, 0.2) is 11.5 Å². The molecular weight excluding hydrogens is 434 g/mol. The summed E-state index contributed by atoms with van der Waals surface area (Å²) in [5.41, 5.74) is 5.69. The van der Waals surface area contributed by atoms with Crippen LogP contribution in [0.15, 0.2) is 66.0 Å². The van der Waals surface area contributed by atoms with Gasteiger partial charge in [0, 0.05) is 24.5 Å². The quantitative estimate of drug-likeness (QED) is 0.196. The van der Waals surface area contributed by atoms with Crippen LogP contribution in [0, 0.1) is 6.92 Å². The Kier molecular flexibility index (Phi) is 6.63. The van der Waals surface area contributed by atoms with Crippen molar-refractivity contribution in [2.24, 2.45) is 5.10 Å². The van der Waals surface area contributed by atoms with E-state index in [0.29, 0.717) is 22.4 Å². The number of benzene rings is 2. The van der Waals surface area contributed by atoms with Gasteiger partial charge < -0.3 is 14.0 Å². The molecule has 0 atom stereocenters. The highest BCUT2D eigenvalue weighted by atomic mass is 16.6. The van der Waals surface area contributed by atoms with Crippen molar-refractivity contribution in [2.75, 3.05) is 7.11 Å². The summed E-state index contributed by atoms with van der Waals surface area (Å²) in [6, 6.07) is 13.6. The van der Waals surface area contributed by atoms with Crippen molar-refractivity contribution in [2.45, 2.75) is 20.4 Å². The minimum atomic E-state index is -0.545. The van der Waals surface area contributed by atoms with Gasteiger partial charge in [-0.25, -0.2) is 15.2 Å². The van der Waals surface area contributed by atoms with Crippen LogP contribution in [0.4, 0.5) is 0 Å². The number of aromatic nitrogens is 3. The number of rotatable bonds is 7. The number of fused-ring (bicyclic) bond motifs is 1. The monoisotopic (exact) mass is 457 g/mol. The number of ether oxygens (including phenoxy) is 2. The van der Waals surface area contributed by atoms with Gasteiger partial charge in [-0.15, -0.1) is 0 Å². The van der Waals surface area contributed by atoms with E-state index in [2.05, 4.69) is 32.0 Å². The maximum absolute atomic E-state index is 12.5. The SMILES string of the molecule is CCn1c(C)nc2cc(C(=O)NN=Cc3ccc(OC(=O)c4cccnc4)c(OC)c3)ccc21. The number of nitrogens with zero attached hydrogens (tertiary/aromatic N) is 4. The predicted octanol–water partition coefficient (Wildman–Crippen LogP) is 3.75. The number of amides is 1. The number of nitrogens with one attached hydrogen (secondary N) is 1. The summed E-state index contributed by atoms with van der Waals surface area (Å²) in [7, 11) is 1.47. The molecule has 34 heavy (non-hydrogen) atoms. The number of aryl methyl sites for hydroxylation is 2. The zero-order chi connectivity index (χ0) is 24.1. The van der Waals surface area contributed by atoms with E-state index in [1.807, 2.05) is 13.0 Å². The van der Waals surface area contributed by atoms with Crippen molar-refractivity contribution in [3.63, 3.8) is 0 Å². The molecule has 0 radical (unpaired) electrons. The van der Waals surface area contributed by atoms with Crippen molar-refractivity contribution in [3.8, 4) is 11.5 Å². The summed E-state index contributed by atoms with van der Waals surface area (Å²) in [4.78, 5) is 33.2. The number of hydrogen-bond donors (Lipinski definition) is 1. The molecule has 2 aromatic carbocycles. The number of esters is 1.